The first-order chi connectivity index (χ1) is 13.0. The van der Waals surface area contributed by atoms with Gasteiger partial charge in [-0.15, -0.1) is 0 Å². The van der Waals surface area contributed by atoms with Crippen LogP contribution in [0.2, 0.25) is 0 Å². The van der Waals surface area contributed by atoms with Crippen molar-refractivity contribution in [1.82, 2.24) is 14.9 Å². The van der Waals surface area contributed by atoms with Gasteiger partial charge in [-0.05, 0) is 83.2 Å². The molecule has 2 aromatic heterocycles. The zero-order valence-electron chi connectivity index (χ0n) is 17.2. The van der Waals surface area contributed by atoms with Crippen molar-refractivity contribution in [2.45, 2.75) is 59.4 Å². The number of aromatic nitrogens is 2. The molecule has 1 unspecified atom stereocenters. The predicted octanol–water partition coefficient (Wildman–Crippen LogP) is 4.38. The van der Waals surface area contributed by atoms with Crippen molar-refractivity contribution in [2.75, 3.05) is 19.7 Å². The molecule has 1 fully saturated rings. The third kappa shape index (κ3) is 5.77. The van der Waals surface area contributed by atoms with Crippen molar-refractivity contribution in [3.8, 4) is 5.88 Å². The van der Waals surface area contributed by atoms with Gasteiger partial charge in [-0.1, -0.05) is 6.07 Å². The van der Waals surface area contributed by atoms with Crippen LogP contribution in [0.15, 0.2) is 30.3 Å². The molecule has 0 amide bonds. The van der Waals surface area contributed by atoms with E-state index >= 15 is 0 Å². The summed E-state index contributed by atoms with van der Waals surface area (Å²) in [6.07, 6.45) is 4.73. The van der Waals surface area contributed by atoms with Gasteiger partial charge < -0.3 is 4.74 Å². The molecule has 0 saturated carbocycles. The number of ether oxygens (including phenoxy) is 1. The van der Waals surface area contributed by atoms with Crippen molar-refractivity contribution in [1.29, 1.82) is 0 Å². The Kier molecular flexibility index (Phi) is 6.84. The Morgan fingerprint density at radius 2 is 1.96 bits per heavy atom. The molecule has 2 atom stereocenters. The van der Waals surface area contributed by atoms with Crippen LogP contribution in [0.4, 0.5) is 0 Å². The summed E-state index contributed by atoms with van der Waals surface area (Å²) in [6, 6.07) is 11.1. The topological polar surface area (TPSA) is 38.2 Å². The molecule has 1 saturated heterocycles. The lowest BCUT2D eigenvalue weighted by atomic mass is 9.90. The van der Waals surface area contributed by atoms with Crippen LogP contribution in [0.5, 0.6) is 5.88 Å². The summed E-state index contributed by atoms with van der Waals surface area (Å²) < 4.78 is 5.55. The lowest BCUT2D eigenvalue weighted by Crippen LogP contribution is -2.42. The molecule has 0 aromatic carbocycles. The van der Waals surface area contributed by atoms with Crippen molar-refractivity contribution in [2.24, 2.45) is 5.92 Å². The van der Waals surface area contributed by atoms with Crippen LogP contribution in [0.1, 0.15) is 49.3 Å². The number of nitrogens with zero attached hydrogens (tertiary/aromatic N) is 3. The summed E-state index contributed by atoms with van der Waals surface area (Å²) in [5.41, 5.74) is 4.82. The van der Waals surface area contributed by atoms with Crippen LogP contribution in [0, 0.1) is 19.8 Å². The second-order valence-corrected chi connectivity index (χ2v) is 7.92. The highest BCUT2D eigenvalue weighted by Gasteiger charge is 2.24. The van der Waals surface area contributed by atoms with Gasteiger partial charge in [0.1, 0.15) is 0 Å². The lowest BCUT2D eigenvalue weighted by molar-refractivity contribution is 0.130. The maximum absolute atomic E-state index is 5.55. The number of piperidine rings is 1. The smallest absolute Gasteiger partial charge is 0.213 e. The molecular weight excluding hydrogens is 334 g/mol. The van der Waals surface area contributed by atoms with Gasteiger partial charge in [-0.25, -0.2) is 4.98 Å². The predicted molar refractivity (Wildman–Crippen MR) is 110 cm³/mol. The van der Waals surface area contributed by atoms with Crippen LogP contribution < -0.4 is 4.74 Å². The Labute approximate surface area is 164 Å². The number of aryl methyl sites for hydroxylation is 2. The van der Waals surface area contributed by atoms with Crippen LogP contribution in [-0.2, 0) is 12.8 Å². The van der Waals surface area contributed by atoms with Crippen LogP contribution >= 0.6 is 0 Å². The van der Waals surface area contributed by atoms with Crippen molar-refractivity contribution < 1.29 is 4.74 Å². The van der Waals surface area contributed by atoms with E-state index in [0.717, 1.165) is 41.7 Å². The maximum Gasteiger partial charge on any atom is 0.213 e. The summed E-state index contributed by atoms with van der Waals surface area (Å²) in [5, 5.41) is 0. The minimum Gasteiger partial charge on any atom is -0.478 e. The highest BCUT2D eigenvalue weighted by molar-refractivity contribution is 5.21. The normalized spacial score (nSPS) is 19.0. The monoisotopic (exact) mass is 367 g/mol. The third-order valence-corrected chi connectivity index (χ3v) is 5.42. The van der Waals surface area contributed by atoms with Gasteiger partial charge in [-0.3, -0.25) is 9.88 Å². The lowest BCUT2D eigenvalue weighted by Gasteiger charge is -2.37. The molecule has 1 aliphatic heterocycles. The summed E-state index contributed by atoms with van der Waals surface area (Å²) in [7, 11) is 0. The zero-order chi connectivity index (χ0) is 19.2. The van der Waals surface area contributed by atoms with E-state index in [2.05, 4.69) is 53.8 Å². The number of hydrogen-bond donors (Lipinski definition) is 0. The average Bonchev–Trinajstić information content (AvgIpc) is 2.61. The Morgan fingerprint density at radius 1 is 1.19 bits per heavy atom. The Morgan fingerprint density at radius 3 is 2.70 bits per heavy atom. The van der Waals surface area contributed by atoms with E-state index in [9.17, 15) is 0 Å². The van der Waals surface area contributed by atoms with E-state index in [1.807, 2.05) is 19.1 Å². The second kappa shape index (κ2) is 9.32. The first-order valence-electron chi connectivity index (χ1n) is 10.3. The molecule has 0 spiro atoms. The molecule has 27 heavy (non-hydrogen) atoms. The summed E-state index contributed by atoms with van der Waals surface area (Å²) >= 11 is 0. The van der Waals surface area contributed by atoms with E-state index in [-0.39, 0.29) is 0 Å². The van der Waals surface area contributed by atoms with E-state index in [0.29, 0.717) is 12.6 Å². The fourth-order valence-corrected chi connectivity index (χ4v) is 4.27. The number of rotatable bonds is 7. The summed E-state index contributed by atoms with van der Waals surface area (Å²) in [4.78, 5) is 11.8. The van der Waals surface area contributed by atoms with Crippen LogP contribution in [0.3, 0.4) is 0 Å². The Balaban J connectivity index is 1.59. The summed E-state index contributed by atoms with van der Waals surface area (Å²) in [6.45, 7) is 11.5. The van der Waals surface area contributed by atoms with Crippen LogP contribution in [0.25, 0.3) is 0 Å². The molecule has 2 aromatic rings. The maximum atomic E-state index is 5.55. The molecule has 0 N–H and O–H groups in total. The van der Waals surface area contributed by atoms with Gasteiger partial charge >= 0.3 is 0 Å². The fourth-order valence-electron chi connectivity index (χ4n) is 4.27. The molecule has 0 radical (unpaired) electrons. The molecule has 146 valence electrons. The van der Waals surface area contributed by atoms with E-state index < -0.39 is 0 Å². The second-order valence-electron chi connectivity index (χ2n) is 7.92. The molecule has 4 nitrogen and oxygen atoms in total. The minimum absolute atomic E-state index is 0.498. The summed E-state index contributed by atoms with van der Waals surface area (Å²) in [5.74, 6) is 1.47. The van der Waals surface area contributed by atoms with Gasteiger partial charge in [0.05, 0.1) is 6.61 Å². The molecule has 0 aliphatic carbocycles. The minimum atomic E-state index is 0.498. The van der Waals surface area contributed by atoms with E-state index in [1.54, 1.807) is 0 Å². The van der Waals surface area contributed by atoms with E-state index in [4.69, 9.17) is 4.74 Å². The molecule has 3 rings (SSSR count). The Hall–Kier alpha value is -1.94. The number of pyridine rings is 2. The van der Waals surface area contributed by atoms with Crippen molar-refractivity contribution >= 4 is 0 Å². The Bertz CT molecular complexity index is 726. The molecular formula is C23H33N3O. The fraction of sp³-hybridized carbons (Fsp3) is 0.565. The molecule has 4 heteroatoms. The van der Waals surface area contributed by atoms with Gasteiger partial charge in [0.2, 0.25) is 5.88 Å². The first-order valence-corrected chi connectivity index (χ1v) is 10.3. The zero-order valence-corrected chi connectivity index (χ0v) is 17.2. The highest BCUT2D eigenvalue weighted by atomic mass is 16.5. The number of likely N-dealkylation sites (tertiary alicyclic amines) is 1. The molecule has 0 bridgehead atoms. The van der Waals surface area contributed by atoms with Gasteiger partial charge in [-0.2, -0.15) is 0 Å². The SMILES string of the molecule is CCOc1cccc(CC(C)N2CCC[C@H](Cc3cc(C)nc(C)c3)C2)n1. The van der Waals surface area contributed by atoms with Crippen molar-refractivity contribution in [3.63, 3.8) is 0 Å². The van der Waals surface area contributed by atoms with Crippen molar-refractivity contribution in [3.05, 3.63) is 53.0 Å². The highest BCUT2D eigenvalue weighted by Crippen LogP contribution is 2.24. The molecule has 1 aliphatic rings. The quantitative estimate of drug-likeness (QED) is 0.728. The standard InChI is InChI=1S/C23H33N3O/c1-5-27-23-10-6-9-22(25-23)14-19(4)26-11-7-8-20(16-26)15-21-12-17(2)24-18(3)13-21/h6,9-10,12-13,19-20H,5,7-8,11,14-16H2,1-4H3/t19?,20-/m1/s1. The van der Waals surface area contributed by atoms with Crippen LogP contribution in [-0.4, -0.2) is 40.6 Å². The average molecular weight is 368 g/mol. The van der Waals surface area contributed by atoms with Gasteiger partial charge in [0.15, 0.2) is 0 Å². The van der Waals surface area contributed by atoms with E-state index in [1.165, 1.54) is 31.5 Å². The van der Waals surface area contributed by atoms with Gasteiger partial charge in [0.25, 0.3) is 0 Å². The largest absolute Gasteiger partial charge is 0.478 e. The van der Waals surface area contributed by atoms with Gasteiger partial charge in [0, 0.05) is 42.2 Å². The third-order valence-electron chi connectivity index (χ3n) is 5.42. The first kappa shape index (κ1) is 19.8. The number of hydrogen-bond acceptors (Lipinski definition) is 4. The molecule has 3 heterocycles.